The van der Waals surface area contributed by atoms with Crippen molar-refractivity contribution in [2.75, 3.05) is 12.3 Å². The van der Waals surface area contributed by atoms with Crippen LogP contribution in [-0.2, 0) is 9.84 Å². The summed E-state index contributed by atoms with van der Waals surface area (Å²) in [4.78, 5) is 0.300. The van der Waals surface area contributed by atoms with Crippen molar-refractivity contribution in [3.63, 3.8) is 0 Å². The molecule has 1 unspecified atom stereocenters. The van der Waals surface area contributed by atoms with Gasteiger partial charge in [-0.3, -0.25) is 0 Å². The molecule has 1 aliphatic carbocycles. The Bertz CT molecular complexity index is 609. The lowest BCUT2D eigenvalue weighted by Crippen LogP contribution is -2.31. The van der Waals surface area contributed by atoms with E-state index in [1.54, 1.807) is 0 Å². The molecule has 0 spiro atoms. The van der Waals surface area contributed by atoms with Gasteiger partial charge in [0.15, 0.2) is 9.84 Å². The van der Waals surface area contributed by atoms with Crippen LogP contribution in [0.15, 0.2) is 23.1 Å². The third kappa shape index (κ3) is 3.29. The van der Waals surface area contributed by atoms with Crippen LogP contribution in [-0.4, -0.2) is 20.7 Å². The molecule has 3 rings (SSSR count). The first-order valence-corrected chi connectivity index (χ1v) is 9.47. The Hall–Kier alpha value is -0.940. The molecule has 1 aromatic rings. The zero-order valence-corrected chi connectivity index (χ0v) is 13.0. The minimum Gasteiger partial charge on any atom is -0.310 e. The van der Waals surface area contributed by atoms with E-state index in [-0.39, 0.29) is 17.6 Å². The standard InChI is InChI=1S/C16H22FNO2S/c17-13-5-6-16-14(11-13)15(8-10-21(16,19)20)18-9-7-12-3-1-2-4-12/h5-6,11-12,15,18H,1-4,7-10H2. The van der Waals surface area contributed by atoms with E-state index < -0.39 is 9.84 Å². The fourth-order valence-electron chi connectivity index (χ4n) is 3.59. The van der Waals surface area contributed by atoms with Gasteiger partial charge in [-0.15, -0.1) is 0 Å². The summed E-state index contributed by atoms with van der Waals surface area (Å²) < 4.78 is 37.6. The number of hydrogen-bond donors (Lipinski definition) is 1. The molecule has 0 bridgehead atoms. The number of hydrogen-bond acceptors (Lipinski definition) is 3. The maximum atomic E-state index is 13.5. The second-order valence-electron chi connectivity index (χ2n) is 6.24. The van der Waals surface area contributed by atoms with Crippen molar-refractivity contribution in [1.29, 1.82) is 0 Å². The SMILES string of the molecule is O=S1(=O)CCC(NCCC2CCCC2)c2cc(F)ccc21. The van der Waals surface area contributed by atoms with Crippen LogP contribution in [0.25, 0.3) is 0 Å². The molecule has 2 aliphatic rings. The predicted molar refractivity (Wildman–Crippen MR) is 80.4 cm³/mol. The van der Waals surface area contributed by atoms with E-state index >= 15 is 0 Å². The van der Waals surface area contributed by atoms with Crippen molar-refractivity contribution < 1.29 is 12.8 Å². The highest BCUT2D eigenvalue weighted by Crippen LogP contribution is 2.33. The summed E-state index contributed by atoms with van der Waals surface area (Å²) in [5.74, 6) is 0.581. The highest BCUT2D eigenvalue weighted by molar-refractivity contribution is 7.91. The van der Waals surface area contributed by atoms with Crippen molar-refractivity contribution in [3.05, 3.63) is 29.6 Å². The fraction of sp³-hybridized carbons (Fsp3) is 0.625. The minimum atomic E-state index is -3.24. The number of fused-ring (bicyclic) bond motifs is 1. The average molecular weight is 311 g/mol. The van der Waals surface area contributed by atoms with Gasteiger partial charge in [0.25, 0.3) is 0 Å². The molecule has 1 aromatic carbocycles. The lowest BCUT2D eigenvalue weighted by Gasteiger charge is -2.27. The number of sulfone groups is 1. The number of rotatable bonds is 4. The van der Waals surface area contributed by atoms with Crippen LogP contribution in [0.1, 0.15) is 50.1 Å². The molecule has 3 nitrogen and oxygen atoms in total. The summed E-state index contributed by atoms with van der Waals surface area (Å²) in [7, 11) is -3.24. The maximum Gasteiger partial charge on any atom is 0.178 e. The highest BCUT2D eigenvalue weighted by Gasteiger charge is 2.30. The molecule has 21 heavy (non-hydrogen) atoms. The highest BCUT2D eigenvalue weighted by atomic mass is 32.2. The monoisotopic (exact) mass is 311 g/mol. The average Bonchev–Trinajstić information content (AvgIpc) is 2.94. The van der Waals surface area contributed by atoms with Crippen molar-refractivity contribution >= 4 is 9.84 Å². The summed E-state index contributed by atoms with van der Waals surface area (Å²) in [5.41, 5.74) is 0.604. The molecule has 1 aliphatic heterocycles. The van der Waals surface area contributed by atoms with Crippen LogP contribution in [0.4, 0.5) is 4.39 Å². The van der Waals surface area contributed by atoms with Crippen LogP contribution in [0, 0.1) is 11.7 Å². The molecule has 1 heterocycles. The Morgan fingerprint density at radius 1 is 1.19 bits per heavy atom. The molecule has 1 atom stereocenters. The fourth-order valence-corrected chi connectivity index (χ4v) is 5.19. The normalized spacial score (nSPS) is 24.9. The molecule has 1 saturated carbocycles. The molecular formula is C16H22FNO2S. The molecular weight excluding hydrogens is 289 g/mol. The summed E-state index contributed by atoms with van der Waals surface area (Å²) in [6.07, 6.45) is 6.95. The lowest BCUT2D eigenvalue weighted by atomic mass is 10.0. The van der Waals surface area contributed by atoms with E-state index in [4.69, 9.17) is 0 Å². The van der Waals surface area contributed by atoms with E-state index in [0.717, 1.165) is 18.9 Å². The molecule has 0 amide bonds. The summed E-state index contributed by atoms with van der Waals surface area (Å²) >= 11 is 0. The summed E-state index contributed by atoms with van der Waals surface area (Å²) in [6.45, 7) is 0.880. The Kier molecular flexibility index (Phi) is 4.31. The van der Waals surface area contributed by atoms with Gasteiger partial charge >= 0.3 is 0 Å². The van der Waals surface area contributed by atoms with E-state index in [0.29, 0.717) is 16.9 Å². The first kappa shape index (κ1) is 15.0. The van der Waals surface area contributed by atoms with Crippen LogP contribution >= 0.6 is 0 Å². The quantitative estimate of drug-likeness (QED) is 0.869. The first-order chi connectivity index (χ1) is 10.1. The summed E-state index contributed by atoms with van der Waals surface area (Å²) in [6, 6.07) is 3.97. The Balaban J connectivity index is 1.70. The van der Waals surface area contributed by atoms with Gasteiger partial charge < -0.3 is 5.32 Å². The van der Waals surface area contributed by atoms with Gasteiger partial charge in [0, 0.05) is 6.04 Å². The number of halogens is 1. The van der Waals surface area contributed by atoms with E-state index in [2.05, 4.69) is 5.32 Å². The van der Waals surface area contributed by atoms with Crippen LogP contribution in [0.5, 0.6) is 0 Å². The van der Waals surface area contributed by atoms with Crippen LogP contribution in [0.3, 0.4) is 0 Å². The van der Waals surface area contributed by atoms with Gasteiger partial charge in [-0.25, -0.2) is 12.8 Å². The molecule has 5 heteroatoms. The molecule has 0 saturated heterocycles. The van der Waals surface area contributed by atoms with Gasteiger partial charge in [0.05, 0.1) is 10.6 Å². The Morgan fingerprint density at radius 2 is 1.95 bits per heavy atom. The molecule has 0 aromatic heterocycles. The van der Waals surface area contributed by atoms with Crippen LogP contribution in [0.2, 0.25) is 0 Å². The molecule has 0 radical (unpaired) electrons. The van der Waals surface area contributed by atoms with Gasteiger partial charge in [-0.1, -0.05) is 25.7 Å². The maximum absolute atomic E-state index is 13.5. The molecule has 1 N–H and O–H groups in total. The predicted octanol–water partition coefficient (Wildman–Crippen LogP) is 3.21. The van der Waals surface area contributed by atoms with Crippen molar-refractivity contribution in [3.8, 4) is 0 Å². The first-order valence-electron chi connectivity index (χ1n) is 7.82. The second kappa shape index (κ2) is 6.05. The molecule has 1 fully saturated rings. The molecule has 116 valence electrons. The number of benzene rings is 1. The third-order valence-electron chi connectivity index (χ3n) is 4.78. The van der Waals surface area contributed by atoms with Crippen LogP contribution < -0.4 is 5.32 Å². The smallest absolute Gasteiger partial charge is 0.178 e. The van der Waals surface area contributed by atoms with Crippen molar-refractivity contribution in [1.82, 2.24) is 5.32 Å². The zero-order chi connectivity index (χ0) is 14.9. The van der Waals surface area contributed by atoms with Gasteiger partial charge in [0.2, 0.25) is 0 Å². The van der Waals surface area contributed by atoms with E-state index in [1.165, 1.54) is 43.9 Å². The van der Waals surface area contributed by atoms with Crippen molar-refractivity contribution in [2.45, 2.75) is 49.5 Å². The topological polar surface area (TPSA) is 46.2 Å². The third-order valence-corrected chi connectivity index (χ3v) is 6.59. The lowest BCUT2D eigenvalue weighted by molar-refractivity contribution is 0.429. The van der Waals surface area contributed by atoms with Gasteiger partial charge in [-0.05, 0) is 49.1 Å². The van der Waals surface area contributed by atoms with Gasteiger partial charge in [0.1, 0.15) is 5.82 Å². The second-order valence-corrected chi connectivity index (χ2v) is 8.31. The largest absolute Gasteiger partial charge is 0.310 e. The Morgan fingerprint density at radius 3 is 2.71 bits per heavy atom. The minimum absolute atomic E-state index is 0.0411. The zero-order valence-electron chi connectivity index (χ0n) is 12.1. The van der Waals surface area contributed by atoms with E-state index in [1.807, 2.05) is 0 Å². The Labute approximate surface area is 125 Å². The summed E-state index contributed by atoms with van der Waals surface area (Å²) in [5, 5.41) is 3.44. The van der Waals surface area contributed by atoms with E-state index in [9.17, 15) is 12.8 Å². The number of nitrogens with one attached hydrogen (secondary N) is 1. The van der Waals surface area contributed by atoms with Gasteiger partial charge in [-0.2, -0.15) is 0 Å². The van der Waals surface area contributed by atoms with Crippen molar-refractivity contribution in [2.24, 2.45) is 5.92 Å².